The molecule has 4 N–H and O–H groups in total. The zero-order valence-corrected chi connectivity index (χ0v) is 10.3. The summed E-state index contributed by atoms with van der Waals surface area (Å²) < 4.78 is 0. The van der Waals surface area contributed by atoms with Gasteiger partial charge in [-0.2, -0.15) is 0 Å². The zero-order chi connectivity index (χ0) is 12.8. The van der Waals surface area contributed by atoms with E-state index in [9.17, 15) is 10.2 Å². The van der Waals surface area contributed by atoms with Gasteiger partial charge in [-0.05, 0) is 39.3 Å². The van der Waals surface area contributed by atoms with Gasteiger partial charge < -0.3 is 20.6 Å². The predicted octanol–water partition coefficient (Wildman–Crippen LogP) is 1.91. The largest absolute Gasteiger partial charge is 0.508 e. The summed E-state index contributed by atoms with van der Waals surface area (Å²) in [5.74, 6) is 0.160. The van der Waals surface area contributed by atoms with Crippen LogP contribution in [0.2, 0.25) is 0 Å². The Morgan fingerprint density at radius 1 is 1.24 bits per heavy atom. The Balaban J connectivity index is 2.44. The van der Waals surface area contributed by atoms with Crippen LogP contribution in [0.3, 0.4) is 0 Å². The molecule has 1 rings (SSSR count). The number of aliphatic hydroxyl groups excluding tert-OH is 1. The number of aromatic hydroxyl groups is 2. The molecule has 0 saturated carbocycles. The molecule has 96 valence electrons. The average Bonchev–Trinajstić information content (AvgIpc) is 2.23. The molecule has 2 atom stereocenters. The number of rotatable bonds is 6. The van der Waals surface area contributed by atoms with Gasteiger partial charge in [0, 0.05) is 17.7 Å². The first kappa shape index (κ1) is 13.8. The van der Waals surface area contributed by atoms with E-state index in [-0.39, 0.29) is 23.6 Å². The topological polar surface area (TPSA) is 72.7 Å². The van der Waals surface area contributed by atoms with Crippen molar-refractivity contribution in [1.29, 1.82) is 0 Å². The normalized spacial score (nSPS) is 14.5. The van der Waals surface area contributed by atoms with Crippen LogP contribution >= 0.6 is 0 Å². The highest BCUT2D eigenvalue weighted by Gasteiger charge is 2.10. The standard InChI is InChI=1S/C13H21NO3/c1-9(15)4-3-7-14-10(2)12-6-5-11(16)8-13(12)17/h5-6,8-10,14-17H,3-4,7H2,1-2H3. The van der Waals surface area contributed by atoms with Crippen LogP contribution in [0.5, 0.6) is 11.5 Å². The van der Waals surface area contributed by atoms with Gasteiger partial charge in [-0.1, -0.05) is 6.07 Å². The van der Waals surface area contributed by atoms with Crippen molar-refractivity contribution in [2.24, 2.45) is 0 Å². The van der Waals surface area contributed by atoms with Crippen molar-refractivity contribution in [1.82, 2.24) is 5.32 Å². The van der Waals surface area contributed by atoms with Gasteiger partial charge in [0.25, 0.3) is 0 Å². The summed E-state index contributed by atoms with van der Waals surface area (Å²) >= 11 is 0. The second kappa shape index (κ2) is 6.47. The van der Waals surface area contributed by atoms with Gasteiger partial charge in [0.15, 0.2) is 0 Å². The van der Waals surface area contributed by atoms with E-state index in [0.29, 0.717) is 0 Å². The van der Waals surface area contributed by atoms with Crippen molar-refractivity contribution in [3.8, 4) is 11.5 Å². The smallest absolute Gasteiger partial charge is 0.124 e. The monoisotopic (exact) mass is 239 g/mol. The SMILES string of the molecule is CC(O)CCCNC(C)c1ccc(O)cc1O. The molecule has 0 saturated heterocycles. The molecule has 0 aliphatic heterocycles. The molecule has 1 aromatic carbocycles. The first-order valence-electron chi connectivity index (χ1n) is 5.94. The van der Waals surface area contributed by atoms with Crippen LogP contribution in [0.25, 0.3) is 0 Å². The summed E-state index contributed by atoms with van der Waals surface area (Å²) in [4.78, 5) is 0. The lowest BCUT2D eigenvalue weighted by Crippen LogP contribution is -2.20. The molecule has 0 aliphatic carbocycles. The van der Waals surface area contributed by atoms with E-state index in [2.05, 4.69) is 5.32 Å². The quantitative estimate of drug-likeness (QED) is 0.572. The molecular weight excluding hydrogens is 218 g/mol. The molecule has 0 heterocycles. The van der Waals surface area contributed by atoms with Gasteiger partial charge in [0.05, 0.1) is 6.10 Å². The average molecular weight is 239 g/mol. The first-order chi connectivity index (χ1) is 8.00. The summed E-state index contributed by atoms with van der Waals surface area (Å²) in [6.07, 6.45) is 1.39. The number of benzene rings is 1. The Kier molecular flexibility index (Phi) is 5.25. The number of aliphatic hydroxyl groups is 1. The summed E-state index contributed by atoms with van der Waals surface area (Å²) in [5, 5.41) is 31.2. The molecule has 0 aromatic heterocycles. The highest BCUT2D eigenvalue weighted by molar-refractivity contribution is 5.40. The molecule has 0 spiro atoms. The minimum absolute atomic E-state index is 0.0181. The lowest BCUT2D eigenvalue weighted by Gasteiger charge is -2.16. The van der Waals surface area contributed by atoms with Gasteiger partial charge in [-0.15, -0.1) is 0 Å². The van der Waals surface area contributed by atoms with Crippen molar-refractivity contribution >= 4 is 0 Å². The summed E-state index contributed by atoms with van der Waals surface area (Å²) in [5.41, 5.74) is 0.764. The van der Waals surface area contributed by atoms with Crippen LogP contribution in [0.15, 0.2) is 18.2 Å². The van der Waals surface area contributed by atoms with E-state index >= 15 is 0 Å². The van der Waals surface area contributed by atoms with E-state index < -0.39 is 0 Å². The van der Waals surface area contributed by atoms with E-state index in [4.69, 9.17) is 5.11 Å². The van der Waals surface area contributed by atoms with Crippen LogP contribution in [0.1, 0.15) is 38.3 Å². The third-order valence-electron chi connectivity index (χ3n) is 2.73. The fraction of sp³-hybridized carbons (Fsp3) is 0.538. The molecule has 0 fully saturated rings. The Morgan fingerprint density at radius 3 is 2.53 bits per heavy atom. The van der Waals surface area contributed by atoms with Crippen molar-refractivity contribution in [2.45, 2.75) is 38.8 Å². The van der Waals surface area contributed by atoms with Crippen LogP contribution < -0.4 is 5.32 Å². The number of phenolic OH excluding ortho intramolecular Hbond substituents is 2. The number of phenols is 2. The maximum absolute atomic E-state index is 9.67. The predicted molar refractivity (Wildman–Crippen MR) is 67.1 cm³/mol. The molecule has 17 heavy (non-hydrogen) atoms. The van der Waals surface area contributed by atoms with E-state index in [1.54, 1.807) is 19.1 Å². The van der Waals surface area contributed by atoms with Crippen LogP contribution in [-0.4, -0.2) is 28.0 Å². The fourth-order valence-electron chi connectivity index (χ4n) is 1.72. The molecule has 0 radical (unpaired) electrons. The fourth-order valence-corrected chi connectivity index (χ4v) is 1.72. The Hall–Kier alpha value is -1.26. The second-order valence-electron chi connectivity index (χ2n) is 4.41. The first-order valence-corrected chi connectivity index (χ1v) is 5.94. The minimum atomic E-state index is -0.269. The Morgan fingerprint density at radius 2 is 1.94 bits per heavy atom. The van der Waals surface area contributed by atoms with Crippen LogP contribution in [-0.2, 0) is 0 Å². The van der Waals surface area contributed by atoms with Gasteiger partial charge >= 0.3 is 0 Å². The highest BCUT2D eigenvalue weighted by atomic mass is 16.3. The van der Waals surface area contributed by atoms with Crippen molar-refractivity contribution in [3.05, 3.63) is 23.8 Å². The van der Waals surface area contributed by atoms with E-state index in [0.717, 1.165) is 24.9 Å². The number of hydrogen-bond donors (Lipinski definition) is 4. The Bertz CT molecular complexity index is 353. The summed E-state index contributed by atoms with van der Waals surface area (Å²) in [6.45, 7) is 4.51. The number of nitrogens with one attached hydrogen (secondary N) is 1. The molecule has 0 amide bonds. The van der Waals surface area contributed by atoms with Gasteiger partial charge in [0.2, 0.25) is 0 Å². The van der Waals surface area contributed by atoms with Gasteiger partial charge in [-0.25, -0.2) is 0 Å². The molecule has 2 unspecified atom stereocenters. The van der Waals surface area contributed by atoms with Gasteiger partial charge in [0.1, 0.15) is 11.5 Å². The summed E-state index contributed by atoms with van der Waals surface area (Å²) in [7, 11) is 0. The molecule has 4 heteroatoms. The van der Waals surface area contributed by atoms with Crippen molar-refractivity contribution in [3.63, 3.8) is 0 Å². The molecule has 0 aliphatic rings. The third kappa shape index (κ3) is 4.63. The highest BCUT2D eigenvalue weighted by Crippen LogP contribution is 2.27. The molecule has 1 aromatic rings. The van der Waals surface area contributed by atoms with Crippen LogP contribution in [0.4, 0.5) is 0 Å². The summed E-state index contributed by atoms with van der Waals surface area (Å²) in [6, 6.07) is 4.62. The lowest BCUT2D eigenvalue weighted by atomic mass is 10.1. The molecule has 0 bridgehead atoms. The Labute approximate surface area is 102 Å². The van der Waals surface area contributed by atoms with E-state index in [1.165, 1.54) is 6.07 Å². The zero-order valence-electron chi connectivity index (χ0n) is 10.3. The van der Waals surface area contributed by atoms with Crippen molar-refractivity contribution in [2.75, 3.05) is 6.54 Å². The van der Waals surface area contributed by atoms with Crippen LogP contribution in [0, 0.1) is 0 Å². The van der Waals surface area contributed by atoms with E-state index in [1.807, 2.05) is 6.92 Å². The van der Waals surface area contributed by atoms with Gasteiger partial charge in [-0.3, -0.25) is 0 Å². The molecule has 4 nitrogen and oxygen atoms in total. The third-order valence-corrected chi connectivity index (χ3v) is 2.73. The number of hydrogen-bond acceptors (Lipinski definition) is 4. The lowest BCUT2D eigenvalue weighted by molar-refractivity contribution is 0.181. The maximum Gasteiger partial charge on any atom is 0.124 e. The maximum atomic E-state index is 9.67. The van der Waals surface area contributed by atoms with Crippen molar-refractivity contribution < 1.29 is 15.3 Å². The molecular formula is C13H21NO3. The minimum Gasteiger partial charge on any atom is -0.508 e. The second-order valence-corrected chi connectivity index (χ2v) is 4.41.